The van der Waals surface area contributed by atoms with Crippen molar-refractivity contribution in [2.45, 2.75) is 26.2 Å². The fraction of sp³-hybridized carbons (Fsp3) is 0.375. The molecule has 1 aliphatic carbocycles. The van der Waals surface area contributed by atoms with E-state index < -0.39 is 18.6 Å². The zero-order valence-corrected chi connectivity index (χ0v) is 17.8. The Bertz CT molecular complexity index is 911. The molecule has 0 heterocycles. The summed E-state index contributed by atoms with van der Waals surface area (Å²) in [6.45, 7) is 3.99. The van der Waals surface area contributed by atoms with Gasteiger partial charge in [-0.15, -0.1) is 0 Å². The monoisotopic (exact) mass is 424 g/mol. The largest absolute Gasteiger partial charge is 0.480 e. The molecule has 0 saturated carbocycles. The van der Waals surface area contributed by atoms with Crippen LogP contribution < -0.4 is 10.6 Å². The number of alkyl carbamates (subject to hydrolysis) is 1. The summed E-state index contributed by atoms with van der Waals surface area (Å²) in [5.74, 6) is -1.46. The summed E-state index contributed by atoms with van der Waals surface area (Å²) >= 11 is 0. The average Bonchev–Trinajstić information content (AvgIpc) is 3.07. The van der Waals surface area contributed by atoms with Crippen LogP contribution in [0.5, 0.6) is 0 Å². The van der Waals surface area contributed by atoms with Crippen LogP contribution in [0.3, 0.4) is 0 Å². The first-order chi connectivity index (χ1) is 14.9. The van der Waals surface area contributed by atoms with Crippen LogP contribution in [0, 0.1) is 11.8 Å². The van der Waals surface area contributed by atoms with Gasteiger partial charge in [-0.2, -0.15) is 0 Å². The third-order valence-corrected chi connectivity index (χ3v) is 5.68. The summed E-state index contributed by atoms with van der Waals surface area (Å²) in [4.78, 5) is 34.8. The maximum Gasteiger partial charge on any atom is 0.407 e. The van der Waals surface area contributed by atoms with E-state index in [2.05, 4.69) is 34.9 Å². The SMILES string of the molecule is CC(C)C(CNC(=O)OCC1c2ccccc2-c2ccccc21)CC(=O)NCC(=O)O. The van der Waals surface area contributed by atoms with Crippen LogP contribution in [0.4, 0.5) is 4.79 Å². The van der Waals surface area contributed by atoms with Crippen LogP contribution in [0.25, 0.3) is 11.1 Å². The van der Waals surface area contributed by atoms with E-state index in [4.69, 9.17) is 9.84 Å². The number of hydrogen-bond donors (Lipinski definition) is 3. The predicted octanol–water partition coefficient (Wildman–Crippen LogP) is 3.39. The third kappa shape index (κ3) is 5.63. The highest BCUT2D eigenvalue weighted by Crippen LogP contribution is 2.44. The number of benzene rings is 2. The average molecular weight is 424 g/mol. The van der Waals surface area contributed by atoms with Crippen molar-refractivity contribution in [3.05, 3.63) is 59.7 Å². The molecule has 1 atom stereocenters. The van der Waals surface area contributed by atoms with Crippen LogP contribution >= 0.6 is 0 Å². The molecule has 0 saturated heterocycles. The summed E-state index contributed by atoms with van der Waals surface area (Å²) in [5, 5.41) is 13.8. The number of carboxylic acids is 1. The van der Waals surface area contributed by atoms with E-state index in [1.807, 2.05) is 38.1 Å². The lowest BCUT2D eigenvalue weighted by Gasteiger charge is -2.21. The molecule has 7 nitrogen and oxygen atoms in total. The number of fused-ring (bicyclic) bond motifs is 3. The Hall–Kier alpha value is -3.35. The molecule has 0 radical (unpaired) electrons. The van der Waals surface area contributed by atoms with Gasteiger partial charge in [0.1, 0.15) is 13.2 Å². The Morgan fingerprint density at radius 3 is 2.10 bits per heavy atom. The lowest BCUT2D eigenvalue weighted by molar-refractivity contribution is -0.138. The summed E-state index contributed by atoms with van der Waals surface area (Å²) in [6, 6.07) is 16.3. The number of hydrogen-bond acceptors (Lipinski definition) is 4. The normalized spacial score (nSPS) is 13.3. The lowest BCUT2D eigenvalue weighted by atomic mass is 9.92. The minimum absolute atomic E-state index is 0.0131. The number of ether oxygens (including phenoxy) is 1. The summed E-state index contributed by atoms with van der Waals surface area (Å²) in [7, 11) is 0. The van der Waals surface area contributed by atoms with Crippen LogP contribution in [0.2, 0.25) is 0 Å². The van der Waals surface area contributed by atoms with Gasteiger partial charge >= 0.3 is 12.1 Å². The molecule has 164 valence electrons. The molecule has 2 amide bonds. The van der Waals surface area contributed by atoms with Crippen molar-refractivity contribution >= 4 is 18.0 Å². The smallest absolute Gasteiger partial charge is 0.407 e. The lowest BCUT2D eigenvalue weighted by Crippen LogP contribution is -2.37. The topological polar surface area (TPSA) is 105 Å². The van der Waals surface area contributed by atoms with E-state index in [-0.39, 0.29) is 43.2 Å². The standard InChI is InChI=1S/C24H28N2O5/c1-15(2)16(11-22(27)25-13-23(28)29)12-26-24(30)31-14-21-19-9-5-3-7-17(19)18-8-4-6-10-20(18)21/h3-10,15-16,21H,11-14H2,1-2H3,(H,25,27)(H,26,30)(H,28,29). The number of nitrogens with one attached hydrogen (secondary N) is 2. The highest BCUT2D eigenvalue weighted by Gasteiger charge is 2.29. The molecule has 0 bridgehead atoms. The third-order valence-electron chi connectivity index (χ3n) is 5.68. The fourth-order valence-electron chi connectivity index (χ4n) is 3.89. The molecule has 0 fully saturated rings. The van der Waals surface area contributed by atoms with Crippen molar-refractivity contribution in [3.8, 4) is 11.1 Å². The Balaban J connectivity index is 1.54. The van der Waals surface area contributed by atoms with Crippen molar-refractivity contribution in [2.75, 3.05) is 19.7 Å². The second-order valence-corrected chi connectivity index (χ2v) is 8.09. The van der Waals surface area contributed by atoms with Crippen molar-refractivity contribution in [2.24, 2.45) is 11.8 Å². The fourth-order valence-corrected chi connectivity index (χ4v) is 3.89. The van der Waals surface area contributed by atoms with Gasteiger partial charge in [0, 0.05) is 18.9 Å². The van der Waals surface area contributed by atoms with Gasteiger partial charge in [0.2, 0.25) is 5.91 Å². The number of aliphatic carboxylic acids is 1. The van der Waals surface area contributed by atoms with Crippen LogP contribution in [-0.2, 0) is 14.3 Å². The van der Waals surface area contributed by atoms with Crippen molar-refractivity contribution in [1.29, 1.82) is 0 Å². The van der Waals surface area contributed by atoms with Gasteiger partial charge < -0.3 is 20.5 Å². The van der Waals surface area contributed by atoms with Crippen molar-refractivity contribution < 1.29 is 24.2 Å². The molecule has 0 aromatic heterocycles. The minimum atomic E-state index is -1.09. The number of carbonyl (C=O) groups excluding carboxylic acids is 2. The molecule has 2 aromatic rings. The zero-order chi connectivity index (χ0) is 22.4. The number of amides is 2. The second-order valence-electron chi connectivity index (χ2n) is 8.09. The van der Waals surface area contributed by atoms with E-state index in [0.29, 0.717) is 0 Å². The van der Waals surface area contributed by atoms with Gasteiger partial charge in [0.25, 0.3) is 0 Å². The molecule has 0 aliphatic heterocycles. The van der Waals surface area contributed by atoms with Crippen LogP contribution in [0.15, 0.2) is 48.5 Å². The molecular formula is C24H28N2O5. The zero-order valence-electron chi connectivity index (χ0n) is 17.8. The molecule has 1 unspecified atom stereocenters. The first kappa shape index (κ1) is 22.3. The molecule has 7 heteroatoms. The molecule has 2 aromatic carbocycles. The van der Waals surface area contributed by atoms with Gasteiger partial charge in [0.05, 0.1) is 0 Å². The summed E-state index contributed by atoms with van der Waals surface area (Å²) in [5.41, 5.74) is 4.62. The molecule has 0 spiro atoms. The summed E-state index contributed by atoms with van der Waals surface area (Å²) < 4.78 is 5.53. The van der Waals surface area contributed by atoms with Crippen molar-refractivity contribution in [1.82, 2.24) is 10.6 Å². The molecule has 3 N–H and O–H groups in total. The Labute approximate surface area is 181 Å². The maximum absolute atomic E-state index is 12.3. The first-order valence-electron chi connectivity index (χ1n) is 10.4. The Kier molecular flexibility index (Phi) is 7.28. The highest BCUT2D eigenvalue weighted by molar-refractivity contribution is 5.81. The van der Waals surface area contributed by atoms with Crippen LogP contribution in [-0.4, -0.2) is 42.8 Å². The summed E-state index contributed by atoms with van der Waals surface area (Å²) in [6.07, 6.45) is -0.396. The number of rotatable bonds is 9. The van der Waals surface area contributed by atoms with E-state index >= 15 is 0 Å². The van der Waals surface area contributed by atoms with Gasteiger partial charge in [0.15, 0.2) is 0 Å². The molecule has 1 aliphatic rings. The molecular weight excluding hydrogens is 396 g/mol. The van der Waals surface area contributed by atoms with E-state index in [0.717, 1.165) is 11.1 Å². The van der Waals surface area contributed by atoms with Crippen LogP contribution in [0.1, 0.15) is 37.3 Å². The quantitative estimate of drug-likeness (QED) is 0.572. The van der Waals surface area contributed by atoms with E-state index in [9.17, 15) is 14.4 Å². The van der Waals surface area contributed by atoms with Gasteiger partial charge in [-0.1, -0.05) is 62.4 Å². The van der Waals surface area contributed by atoms with Crippen molar-refractivity contribution in [3.63, 3.8) is 0 Å². The van der Waals surface area contributed by atoms with Gasteiger partial charge in [-0.3, -0.25) is 9.59 Å². The van der Waals surface area contributed by atoms with E-state index in [1.165, 1.54) is 11.1 Å². The maximum atomic E-state index is 12.3. The second kappa shape index (κ2) is 10.1. The number of carboxylic acid groups (broad SMARTS) is 1. The van der Waals surface area contributed by atoms with E-state index in [1.54, 1.807) is 0 Å². The molecule has 3 rings (SSSR count). The number of carbonyl (C=O) groups is 3. The Morgan fingerprint density at radius 1 is 0.968 bits per heavy atom. The predicted molar refractivity (Wildman–Crippen MR) is 117 cm³/mol. The first-order valence-corrected chi connectivity index (χ1v) is 10.4. The minimum Gasteiger partial charge on any atom is -0.480 e. The van der Waals surface area contributed by atoms with Gasteiger partial charge in [-0.05, 0) is 34.1 Å². The van der Waals surface area contributed by atoms with Gasteiger partial charge in [-0.25, -0.2) is 4.79 Å². The molecule has 31 heavy (non-hydrogen) atoms. The Morgan fingerprint density at radius 2 is 1.55 bits per heavy atom. The highest BCUT2D eigenvalue weighted by atomic mass is 16.5.